The number of hydrogen-bond acceptors (Lipinski definition) is 4. The first kappa shape index (κ1) is 21.7. The van der Waals surface area contributed by atoms with E-state index in [2.05, 4.69) is 33.3 Å². The lowest BCUT2D eigenvalue weighted by atomic mass is 10.1. The number of para-hydroxylation sites is 1. The van der Waals surface area contributed by atoms with Crippen LogP contribution in [-0.4, -0.2) is 27.8 Å². The molecule has 0 saturated heterocycles. The van der Waals surface area contributed by atoms with Gasteiger partial charge in [0, 0.05) is 40.8 Å². The van der Waals surface area contributed by atoms with Gasteiger partial charge in [-0.2, -0.15) is 5.10 Å². The minimum atomic E-state index is -0.652. The number of carbonyl (C=O) groups is 2. The fourth-order valence-corrected chi connectivity index (χ4v) is 3.51. The Kier molecular flexibility index (Phi) is 6.73. The van der Waals surface area contributed by atoms with Crippen molar-refractivity contribution in [3.05, 3.63) is 113 Å². The van der Waals surface area contributed by atoms with Crippen LogP contribution in [0.5, 0.6) is 0 Å². The Hall–Kier alpha value is -4.49. The lowest BCUT2D eigenvalue weighted by Crippen LogP contribution is -2.17. The Bertz CT molecular complexity index is 1340. The molecule has 7 nitrogen and oxygen atoms in total. The number of amides is 2. The summed E-state index contributed by atoms with van der Waals surface area (Å²) in [5, 5.41) is 13.8. The molecule has 0 unspecified atom stereocenters. The Morgan fingerprint density at radius 1 is 0.970 bits per heavy atom. The second-order valence-electron chi connectivity index (χ2n) is 7.35. The van der Waals surface area contributed by atoms with Crippen LogP contribution in [0.2, 0.25) is 0 Å². The van der Waals surface area contributed by atoms with E-state index < -0.39 is 5.91 Å². The van der Waals surface area contributed by atoms with E-state index in [4.69, 9.17) is 5.21 Å². The molecule has 0 radical (unpaired) electrons. The molecule has 3 aromatic carbocycles. The zero-order valence-corrected chi connectivity index (χ0v) is 17.7. The topological polar surface area (TPSA) is 95.7 Å². The molecular formula is C26H22N4O3. The molecule has 33 heavy (non-hydrogen) atoms. The summed E-state index contributed by atoms with van der Waals surface area (Å²) >= 11 is 0. The van der Waals surface area contributed by atoms with E-state index in [1.165, 1.54) is 23.2 Å². The average Bonchev–Trinajstić information content (AvgIpc) is 3.20. The number of carbonyl (C=O) groups excluding carboxylic acids is 2. The molecule has 1 heterocycles. The number of rotatable bonds is 7. The van der Waals surface area contributed by atoms with Crippen LogP contribution < -0.4 is 10.9 Å². The maximum atomic E-state index is 12.5. The van der Waals surface area contributed by atoms with E-state index in [-0.39, 0.29) is 5.91 Å². The van der Waals surface area contributed by atoms with E-state index in [0.717, 1.165) is 23.0 Å². The lowest BCUT2D eigenvalue weighted by Gasteiger charge is -2.05. The van der Waals surface area contributed by atoms with Gasteiger partial charge in [0.1, 0.15) is 0 Å². The van der Waals surface area contributed by atoms with Crippen molar-refractivity contribution in [3.63, 3.8) is 0 Å². The van der Waals surface area contributed by atoms with Crippen molar-refractivity contribution >= 4 is 35.0 Å². The van der Waals surface area contributed by atoms with Crippen LogP contribution in [0.15, 0.2) is 96.2 Å². The van der Waals surface area contributed by atoms with Crippen LogP contribution in [0, 0.1) is 0 Å². The summed E-state index contributed by atoms with van der Waals surface area (Å²) in [5.41, 5.74) is 8.28. The van der Waals surface area contributed by atoms with Gasteiger partial charge >= 0.3 is 0 Å². The zero-order chi connectivity index (χ0) is 23.0. The van der Waals surface area contributed by atoms with E-state index in [1.54, 1.807) is 30.5 Å². The van der Waals surface area contributed by atoms with Gasteiger partial charge in [0.2, 0.25) is 0 Å². The molecule has 0 saturated carbocycles. The summed E-state index contributed by atoms with van der Waals surface area (Å²) in [6, 6.07) is 25.0. The molecule has 3 N–H and O–H groups in total. The second-order valence-corrected chi connectivity index (χ2v) is 7.35. The third-order valence-electron chi connectivity index (χ3n) is 5.07. The number of aromatic nitrogens is 1. The van der Waals surface area contributed by atoms with Gasteiger partial charge < -0.3 is 4.57 Å². The summed E-state index contributed by atoms with van der Waals surface area (Å²) in [7, 11) is 0. The van der Waals surface area contributed by atoms with Gasteiger partial charge in [-0.15, -0.1) is 0 Å². The van der Waals surface area contributed by atoms with Crippen molar-refractivity contribution in [2.75, 3.05) is 0 Å². The van der Waals surface area contributed by atoms with E-state index in [1.807, 2.05) is 42.6 Å². The van der Waals surface area contributed by atoms with Gasteiger partial charge in [0.15, 0.2) is 0 Å². The molecule has 7 heteroatoms. The SMILES string of the molecule is O=C(/C=C/c1cccc(C(=O)N/N=C/c2cn(Cc3ccccc3)c3ccccc23)c1)NO. The van der Waals surface area contributed by atoms with E-state index in [0.29, 0.717) is 11.1 Å². The molecule has 0 bridgehead atoms. The van der Waals surface area contributed by atoms with Crippen molar-refractivity contribution in [2.24, 2.45) is 5.10 Å². The molecule has 4 aromatic rings. The molecule has 1 aromatic heterocycles. The highest BCUT2D eigenvalue weighted by Gasteiger charge is 2.08. The third kappa shape index (κ3) is 5.41. The van der Waals surface area contributed by atoms with Gasteiger partial charge in [-0.05, 0) is 35.4 Å². The minimum Gasteiger partial charge on any atom is -0.342 e. The Balaban J connectivity index is 1.50. The molecule has 0 atom stereocenters. The highest BCUT2D eigenvalue weighted by atomic mass is 16.5. The Morgan fingerprint density at radius 3 is 2.58 bits per heavy atom. The largest absolute Gasteiger partial charge is 0.342 e. The quantitative estimate of drug-likeness (QED) is 0.176. The molecule has 0 aliphatic rings. The summed E-state index contributed by atoms with van der Waals surface area (Å²) in [4.78, 5) is 23.6. The fourth-order valence-electron chi connectivity index (χ4n) is 3.51. The van der Waals surface area contributed by atoms with Crippen LogP contribution >= 0.6 is 0 Å². The van der Waals surface area contributed by atoms with Gasteiger partial charge in [-0.25, -0.2) is 10.9 Å². The molecule has 164 valence electrons. The Labute approximate surface area is 190 Å². The molecule has 0 aliphatic carbocycles. The first-order valence-corrected chi connectivity index (χ1v) is 10.3. The summed E-state index contributed by atoms with van der Waals surface area (Å²) in [5.74, 6) is -1.03. The first-order valence-electron chi connectivity index (χ1n) is 10.3. The number of hydrogen-bond donors (Lipinski definition) is 3. The van der Waals surface area contributed by atoms with Gasteiger partial charge in [0.05, 0.1) is 6.21 Å². The number of nitrogens with zero attached hydrogens (tertiary/aromatic N) is 2. The second kappa shape index (κ2) is 10.2. The van der Waals surface area contributed by atoms with Crippen LogP contribution in [0.1, 0.15) is 27.0 Å². The van der Waals surface area contributed by atoms with Crippen LogP contribution in [0.3, 0.4) is 0 Å². The average molecular weight is 438 g/mol. The van der Waals surface area contributed by atoms with Gasteiger partial charge in [-0.1, -0.05) is 60.7 Å². The van der Waals surface area contributed by atoms with Crippen molar-refractivity contribution in [3.8, 4) is 0 Å². The van der Waals surface area contributed by atoms with Crippen LogP contribution in [-0.2, 0) is 11.3 Å². The molecule has 0 aliphatic heterocycles. The smallest absolute Gasteiger partial charge is 0.271 e. The monoisotopic (exact) mass is 438 g/mol. The fraction of sp³-hybridized carbons (Fsp3) is 0.0385. The normalized spacial score (nSPS) is 11.3. The Morgan fingerprint density at radius 2 is 1.76 bits per heavy atom. The minimum absolute atomic E-state index is 0.374. The maximum Gasteiger partial charge on any atom is 0.271 e. The predicted molar refractivity (Wildman–Crippen MR) is 128 cm³/mol. The van der Waals surface area contributed by atoms with E-state index in [9.17, 15) is 9.59 Å². The van der Waals surface area contributed by atoms with Crippen molar-refractivity contribution in [2.45, 2.75) is 6.54 Å². The summed E-state index contributed by atoms with van der Waals surface area (Å²) < 4.78 is 2.16. The number of hydrazone groups is 1. The highest BCUT2D eigenvalue weighted by molar-refractivity contribution is 6.01. The molecular weight excluding hydrogens is 416 g/mol. The maximum absolute atomic E-state index is 12.5. The van der Waals surface area contributed by atoms with Crippen LogP contribution in [0.4, 0.5) is 0 Å². The van der Waals surface area contributed by atoms with Gasteiger partial charge in [-0.3, -0.25) is 14.8 Å². The number of nitrogens with one attached hydrogen (secondary N) is 2. The molecule has 4 rings (SSSR count). The van der Waals surface area contributed by atoms with Crippen molar-refractivity contribution in [1.82, 2.24) is 15.5 Å². The highest BCUT2D eigenvalue weighted by Crippen LogP contribution is 2.21. The standard InChI is InChI=1S/C26H22N4O3/c31-25(29-33)14-13-19-9-6-10-21(15-19)26(32)28-27-16-22-18-30(17-20-7-2-1-3-8-20)24-12-5-4-11-23(22)24/h1-16,18,33H,17H2,(H,28,32)(H,29,31)/b14-13+,27-16+. The third-order valence-corrected chi connectivity index (χ3v) is 5.07. The number of hydroxylamine groups is 1. The first-order chi connectivity index (χ1) is 16.1. The van der Waals surface area contributed by atoms with Crippen molar-refractivity contribution in [1.29, 1.82) is 0 Å². The summed E-state index contributed by atoms with van der Waals surface area (Å²) in [6.07, 6.45) is 6.32. The lowest BCUT2D eigenvalue weighted by molar-refractivity contribution is -0.124. The molecule has 0 fully saturated rings. The molecule has 0 spiro atoms. The number of fused-ring (bicyclic) bond motifs is 1. The predicted octanol–water partition coefficient (Wildman–Crippen LogP) is 3.97. The van der Waals surface area contributed by atoms with Gasteiger partial charge in [0.25, 0.3) is 11.8 Å². The van der Waals surface area contributed by atoms with E-state index >= 15 is 0 Å². The molecule has 2 amide bonds. The number of benzene rings is 3. The zero-order valence-electron chi connectivity index (χ0n) is 17.7. The van der Waals surface area contributed by atoms with Crippen molar-refractivity contribution < 1.29 is 14.8 Å². The van der Waals surface area contributed by atoms with Crippen LogP contribution in [0.25, 0.3) is 17.0 Å². The summed E-state index contributed by atoms with van der Waals surface area (Å²) in [6.45, 7) is 0.732.